The Balaban J connectivity index is 2.08. The van der Waals surface area contributed by atoms with Crippen LogP contribution in [0, 0.1) is 0 Å². The van der Waals surface area contributed by atoms with Gasteiger partial charge in [0, 0.05) is 24.9 Å². The second-order valence-electron chi connectivity index (χ2n) is 7.69. The zero-order chi connectivity index (χ0) is 23.3. The molecular weight excluding hydrogens is 408 g/mol. The van der Waals surface area contributed by atoms with E-state index in [2.05, 4.69) is 29.5 Å². The van der Waals surface area contributed by atoms with Gasteiger partial charge in [0.25, 0.3) is 0 Å². The van der Waals surface area contributed by atoms with E-state index in [1.54, 1.807) is 13.3 Å². The molecule has 8 nitrogen and oxygen atoms in total. The van der Waals surface area contributed by atoms with Crippen molar-refractivity contribution in [3.8, 4) is 5.75 Å². The number of nitrogens with zero attached hydrogens (tertiary/aromatic N) is 2. The van der Waals surface area contributed by atoms with E-state index in [0.29, 0.717) is 29.7 Å². The monoisotopic (exact) mass is 438 g/mol. The molecule has 2 aromatic heterocycles. The van der Waals surface area contributed by atoms with Gasteiger partial charge in [0.1, 0.15) is 11.4 Å². The third-order valence-corrected chi connectivity index (χ3v) is 5.39. The minimum Gasteiger partial charge on any atom is -0.497 e. The Morgan fingerprint density at radius 3 is 2.50 bits per heavy atom. The molecule has 0 saturated heterocycles. The lowest BCUT2D eigenvalue weighted by Crippen LogP contribution is -2.16. The standard InChI is InChI=1S/C24H30N4O4/c1-6-15(2)26-18-13-20-21(27-16(3)29)22(24(30)32-5)28(23(20)25-14-18)12-11-17-7-9-19(31-4)10-8-17/h7-10,13-15,26H,6,11-12H2,1-5H3,(H,27,29). The number of hydrogen-bond donors (Lipinski definition) is 2. The Kier molecular flexibility index (Phi) is 7.35. The molecule has 1 amide bonds. The second-order valence-corrected chi connectivity index (χ2v) is 7.69. The molecular formula is C24H30N4O4. The molecule has 2 N–H and O–H groups in total. The Morgan fingerprint density at radius 1 is 1.19 bits per heavy atom. The number of carbonyl (C=O) groups is 2. The summed E-state index contributed by atoms with van der Waals surface area (Å²) in [5.41, 5.74) is 3.20. The van der Waals surface area contributed by atoms with Gasteiger partial charge in [-0.3, -0.25) is 4.79 Å². The summed E-state index contributed by atoms with van der Waals surface area (Å²) in [7, 11) is 2.96. The fourth-order valence-corrected chi connectivity index (χ4v) is 3.55. The average molecular weight is 439 g/mol. The first-order chi connectivity index (χ1) is 15.4. The molecule has 1 atom stereocenters. The maximum Gasteiger partial charge on any atom is 0.356 e. The van der Waals surface area contributed by atoms with Crippen LogP contribution in [0.15, 0.2) is 36.5 Å². The molecule has 0 aliphatic carbocycles. The third kappa shape index (κ3) is 5.01. The molecule has 0 spiro atoms. The summed E-state index contributed by atoms with van der Waals surface area (Å²) in [4.78, 5) is 29.3. The molecule has 1 unspecified atom stereocenters. The molecule has 0 radical (unpaired) electrons. The van der Waals surface area contributed by atoms with Crippen LogP contribution in [0.4, 0.5) is 11.4 Å². The van der Waals surface area contributed by atoms with Crippen LogP contribution >= 0.6 is 0 Å². The fourth-order valence-electron chi connectivity index (χ4n) is 3.55. The fraction of sp³-hybridized carbons (Fsp3) is 0.375. The van der Waals surface area contributed by atoms with Crippen LogP contribution in [0.5, 0.6) is 5.75 Å². The number of ether oxygens (including phenoxy) is 2. The quantitative estimate of drug-likeness (QED) is 0.485. The molecule has 0 aliphatic heterocycles. The van der Waals surface area contributed by atoms with Gasteiger partial charge in [-0.1, -0.05) is 19.1 Å². The van der Waals surface area contributed by atoms with Crippen molar-refractivity contribution in [3.05, 3.63) is 47.8 Å². The van der Waals surface area contributed by atoms with Crippen LogP contribution in [0.1, 0.15) is 43.2 Å². The minimum atomic E-state index is -0.530. The van der Waals surface area contributed by atoms with Crippen LogP contribution in [-0.2, 0) is 22.5 Å². The van der Waals surface area contributed by atoms with Gasteiger partial charge in [0.05, 0.1) is 31.8 Å². The number of fused-ring (bicyclic) bond motifs is 1. The normalized spacial score (nSPS) is 11.8. The molecule has 3 aromatic rings. The van der Waals surface area contributed by atoms with E-state index in [9.17, 15) is 9.59 Å². The smallest absolute Gasteiger partial charge is 0.356 e. The highest BCUT2D eigenvalue weighted by atomic mass is 16.5. The Labute approximate surface area is 187 Å². The van der Waals surface area contributed by atoms with Crippen molar-refractivity contribution in [3.63, 3.8) is 0 Å². The lowest BCUT2D eigenvalue weighted by molar-refractivity contribution is -0.114. The highest BCUT2D eigenvalue weighted by molar-refractivity contribution is 6.10. The number of benzene rings is 1. The lowest BCUT2D eigenvalue weighted by atomic mass is 10.1. The number of anilines is 2. The Hall–Kier alpha value is -3.55. The van der Waals surface area contributed by atoms with Crippen LogP contribution < -0.4 is 15.4 Å². The Bertz CT molecular complexity index is 1110. The number of amides is 1. The van der Waals surface area contributed by atoms with Crippen molar-refractivity contribution in [1.82, 2.24) is 9.55 Å². The van der Waals surface area contributed by atoms with E-state index in [-0.39, 0.29) is 17.6 Å². The number of carbonyl (C=O) groups excluding carboxylic acids is 2. The summed E-state index contributed by atoms with van der Waals surface area (Å²) in [6, 6.07) is 9.94. The summed E-state index contributed by atoms with van der Waals surface area (Å²) in [6.45, 7) is 6.07. The van der Waals surface area contributed by atoms with Crippen LogP contribution in [0.25, 0.3) is 11.0 Å². The second kappa shape index (κ2) is 10.2. The van der Waals surface area contributed by atoms with Crippen molar-refractivity contribution in [1.29, 1.82) is 0 Å². The summed E-state index contributed by atoms with van der Waals surface area (Å²) in [5.74, 6) is -0.0195. The van der Waals surface area contributed by atoms with E-state index in [1.807, 2.05) is 34.9 Å². The number of esters is 1. The van der Waals surface area contributed by atoms with Crippen LogP contribution in [-0.4, -0.2) is 41.7 Å². The molecule has 3 rings (SSSR count). The first-order valence-electron chi connectivity index (χ1n) is 10.7. The van der Waals surface area contributed by atoms with Crippen LogP contribution in [0.3, 0.4) is 0 Å². The van der Waals surface area contributed by atoms with Crippen molar-refractivity contribution in [2.75, 3.05) is 24.9 Å². The Morgan fingerprint density at radius 2 is 1.91 bits per heavy atom. The molecule has 0 fully saturated rings. The average Bonchev–Trinajstić information content (AvgIpc) is 3.09. The molecule has 32 heavy (non-hydrogen) atoms. The molecule has 8 heteroatoms. The first-order valence-corrected chi connectivity index (χ1v) is 10.7. The van der Waals surface area contributed by atoms with Gasteiger partial charge < -0.3 is 24.7 Å². The van der Waals surface area contributed by atoms with Crippen molar-refractivity contribution in [2.45, 2.75) is 46.2 Å². The maximum absolute atomic E-state index is 12.8. The van der Waals surface area contributed by atoms with E-state index in [1.165, 1.54) is 14.0 Å². The largest absolute Gasteiger partial charge is 0.497 e. The number of methoxy groups -OCH3 is 2. The van der Waals surface area contributed by atoms with Gasteiger partial charge in [0.2, 0.25) is 5.91 Å². The highest BCUT2D eigenvalue weighted by Crippen LogP contribution is 2.33. The van der Waals surface area contributed by atoms with E-state index in [0.717, 1.165) is 23.4 Å². The predicted molar refractivity (Wildman–Crippen MR) is 125 cm³/mol. The van der Waals surface area contributed by atoms with E-state index in [4.69, 9.17) is 9.47 Å². The molecule has 0 saturated carbocycles. The first kappa shape index (κ1) is 23.1. The summed E-state index contributed by atoms with van der Waals surface area (Å²) in [5, 5.41) is 6.89. The number of pyridine rings is 1. The van der Waals surface area contributed by atoms with Crippen molar-refractivity contribution >= 4 is 34.3 Å². The number of aromatic nitrogens is 2. The topological polar surface area (TPSA) is 94.5 Å². The summed E-state index contributed by atoms with van der Waals surface area (Å²) in [6.07, 6.45) is 3.36. The van der Waals surface area contributed by atoms with Gasteiger partial charge in [-0.25, -0.2) is 9.78 Å². The molecule has 0 bridgehead atoms. The SMILES string of the molecule is CCC(C)Nc1cnc2c(c1)c(NC(C)=O)c(C(=O)OC)n2CCc1ccc(OC)cc1. The zero-order valence-electron chi connectivity index (χ0n) is 19.2. The van der Waals surface area contributed by atoms with E-state index >= 15 is 0 Å². The van der Waals surface area contributed by atoms with Gasteiger partial charge in [0.15, 0.2) is 5.69 Å². The van der Waals surface area contributed by atoms with Crippen molar-refractivity contribution in [2.24, 2.45) is 0 Å². The lowest BCUT2D eigenvalue weighted by Gasteiger charge is -2.13. The zero-order valence-corrected chi connectivity index (χ0v) is 19.2. The third-order valence-electron chi connectivity index (χ3n) is 5.39. The van der Waals surface area contributed by atoms with Gasteiger partial charge in [-0.15, -0.1) is 0 Å². The van der Waals surface area contributed by atoms with Gasteiger partial charge >= 0.3 is 5.97 Å². The number of rotatable bonds is 9. The summed E-state index contributed by atoms with van der Waals surface area (Å²) < 4.78 is 12.1. The number of aryl methyl sites for hydroxylation is 2. The number of nitrogens with one attached hydrogen (secondary N) is 2. The maximum atomic E-state index is 12.8. The molecule has 170 valence electrons. The van der Waals surface area contributed by atoms with E-state index < -0.39 is 5.97 Å². The minimum absolute atomic E-state index is 0.260. The predicted octanol–water partition coefficient (Wildman–Crippen LogP) is 4.24. The summed E-state index contributed by atoms with van der Waals surface area (Å²) >= 11 is 0. The molecule has 1 aromatic carbocycles. The molecule has 2 heterocycles. The number of hydrogen-bond acceptors (Lipinski definition) is 6. The van der Waals surface area contributed by atoms with Crippen molar-refractivity contribution < 1.29 is 19.1 Å². The van der Waals surface area contributed by atoms with Crippen LogP contribution in [0.2, 0.25) is 0 Å². The highest BCUT2D eigenvalue weighted by Gasteiger charge is 2.25. The molecule has 0 aliphatic rings. The van der Waals surface area contributed by atoms with Gasteiger partial charge in [-0.05, 0) is 43.5 Å². The van der Waals surface area contributed by atoms with Gasteiger partial charge in [-0.2, -0.15) is 0 Å².